The number of carboxylic acids is 1. The quantitative estimate of drug-likeness (QED) is 0.826. The summed E-state index contributed by atoms with van der Waals surface area (Å²) in [6.07, 6.45) is 2.50. The van der Waals surface area contributed by atoms with Gasteiger partial charge in [0.1, 0.15) is 5.15 Å². The lowest BCUT2D eigenvalue weighted by atomic mass is 9.95. The maximum Gasteiger partial charge on any atom is 0.307 e. The van der Waals surface area contributed by atoms with Crippen LogP contribution >= 0.6 is 11.6 Å². The van der Waals surface area contributed by atoms with E-state index >= 15 is 0 Å². The summed E-state index contributed by atoms with van der Waals surface area (Å²) in [5.41, 5.74) is 0. The first-order valence-electron chi connectivity index (χ1n) is 5.99. The molecule has 0 aromatic carbocycles. The van der Waals surface area contributed by atoms with Crippen LogP contribution in [0.2, 0.25) is 5.15 Å². The van der Waals surface area contributed by atoms with Crippen molar-refractivity contribution in [2.45, 2.75) is 19.8 Å². The Morgan fingerprint density at radius 3 is 2.74 bits per heavy atom. The average Bonchev–Trinajstić information content (AvgIpc) is 2.71. The fourth-order valence-electron chi connectivity index (χ4n) is 2.45. The van der Waals surface area contributed by atoms with Crippen molar-refractivity contribution < 1.29 is 14.7 Å². The molecule has 1 heterocycles. The number of hydrogen-bond acceptors (Lipinski definition) is 4. The van der Waals surface area contributed by atoms with Crippen LogP contribution in [0.3, 0.4) is 0 Å². The van der Waals surface area contributed by atoms with Gasteiger partial charge in [-0.1, -0.05) is 18.5 Å². The number of aliphatic carboxylic acids is 1. The number of carboxylic acid groups (broad SMARTS) is 1. The number of nitrogens with one attached hydrogen (secondary N) is 1. The van der Waals surface area contributed by atoms with Crippen LogP contribution in [0, 0.1) is 17.8 Å². The van der Waals surface area contributed by atoms with E-state index in [1.54, 1.807) is 0 Å². The van der Waals surface area contributed by atoms with Crippen molar-refractivity contribution in [1.29, 1.82) is 0 Å². The molecule has 3 atom stereocenters. The minimum Gasteiger partial charge on any atom is -0.481 e. The Balaban J connectivity index is 2.09. The van der Waals surface area contributed by atoms with E-state index in [0.717, 1.165) is 0 Å². The Morgan fingerprint density at radius 1 is 1.42 bits per heavy atom. The van der Waals surface area contributed by atoms with E-state index < -0.39 is 17.8 Å². The highest BCUT2D eigenvalue weighted by atomic mass is 35.5. The molecule has 0 saturated heterocycles. The van der Waals surface area contributed by atoms with E-state index in [4.69, 9.17) is 16.7 Å². The number of rotatable bonds is 3. The molecule has 6 nitrogen and oxygen atoms in total. The van der Waals surface area contributed by atoms with Crippen molar-refractivity contribution in [3.63, 3.8) is 0 Å². The third-order valence-electron chi connectivity index (χ3n) is 3.31. The van der Waals surface area contributed by atoms with Crippen LogP contribution in [0.5, 0.6) is 0 Å². The summed E-state index contributed by atoms with van der Waals surface area (Å²) in [5.74, 6) is -2.17. The molecule has 102 valence electrons. The third-order valence-corrected chi connectivity index (χ3v) is 3.52. The molecule has 0 radical (unpaired) electrons. The lowest BCUT2D eigenvalue weighted by Crippen LogP contribution is -2.30. The van der Waals surface area contributed by atoms with Crippen LogP contribution in [0.1, 0.15) is 19.8 Å². The molecule has 1 saturated carbocycles. The first kappa shape index (κ1) is 13.7. The van der Waals surface area contributed by atoms with Crippen LogP contribution in [0.25, 0.3) is 0 Å². The molecule has 2 N–H and O–H groups in total. The van der Waals surface area contributed by atoms with Gasteiger partial charge in [-0.3, -0.25) is 14.9 Å². The molecule has 1 amide bonds. The second-order valence-corrected chi connectivity index (χ2v) is 5.21. The number of hydrogen-bond donors (Lipinski definition) is 2. The second kappa shape index (κ2) is 5.52. The van der Waals surface area contributed by atoms with E-state index in [-0.39, 0.29) is 22.9 Å². The third kappa shape index (κ3) is 3.20. The van der Waals surface area contributed by atoms with E-state index in [1.165, 1.54) is 12.3 Å². The van der Waals surface area contributed by atoms with Gasteiger partial charge in [-0.2, -0.15) is 0 Å². The predicted molar refractivity (Wildman–Crippen MR) is 68.7 cm³/mol. The number of halogens is 1. The molecule has 1 aliphatic carbocycles. The van der Waals surface area contributed by atoms with E-state index in [2.05, 4.69) is 15.3 Å². The number of aromatic nitrogens is 2. The Bertz CT molecular complexity index is 509. The van der Waals surface area contributed by atoms with Crippen LogP contribution in [0.4, 0.5) is 5.95 Å². The predicted octanol–water partition coefficient (Wildman–Crippen LogP) is 1.82. The van der Waals surface area contributed by atoms with Crippen molar-refractivity contribution in [3.05, 3.63) is 17.4 Å². The SMILES string of the molecule is CC1C[C@H](C(=O)Nc2nccc(Cl)n2)[C@H](C(=O)O)C1. The van der Waals surface area contributed by atoms with Gasteiger partial charge < -0.3 is 5.11 Å². The van der Waals surface area contributed by atoms with Crippen LogP contribution in [-0.4, -0.2) is 27.0 Å². The standard InChI is InChI=1S/C12H14ClN3O3/c1-6-4-7(8(5-6)11(18)19)10(17)16-12-14-3-2-9(13)15-12/h2-3,6-8H,4-5H2,1H3,(H,18,19)(H,14,15,16,17)/t6?,7-,8+/m0/s1. The van der Waals surface area contributed by atoms with Gasteiger partial charge in [0.2, 0.25) is 11.9 Å². The number of amides is 1. The van der Waals surface area contributed by atoms with Crippen molar-refractivity contribution in [1.82, 2.24) is 9.97 Å². The normalized spacial score (nSPS) is 26.1. The molecule has 1 aromatic rings. The largest absolute Gasteiger partial charge is 0.481 e. The molecule has 1 aliphatic rings. The average molecular weight is 284 g/mol. The molecule has 0 bridgehead atoms. The summed E-state index contributed by atoms with van der Waals surface area (Å²) in [6.45, 7) is 1.94. The molecule has 19 heavy (non-hydrogen) atoms. The zero-order valence-corrected chi connectivity index (χ0v) is 11.1. The zero-order valence-electron chi connectivity index (χ0n) is 10.3. The summed E-state index contributed by atoms with van der Waals surface area (Å²) in [6, 6.07) is 1.49. The molecule has 2 rings (SSSR count). The van der Waals surface area contributed by atoms with Gasteiger partial charge in [0.15, 0.2) is 0 Å². The Labute approximate surface area is 115 Å². The smallest absolute Gasteiger partial charge is 0.307 e. The van der Waals surface area contributed by atoms with Gasteiger partial charge in [-0.05, 0) is 24.8 Å². The fraction of sp³-hybridized carbons (Fsp3) is 0.500. The van der Waals surface area contributed by atoms with Crippen molar-refractivity contribution in [2.24, 2.45) is 17.8 Å². The molecule has 1 aromatic heterocycles. The van der Waals surface area contributed by atoms with Gasteiger partial charge in [0.25, 0.3) is 0 Å². The van der Waals surface area contributed by atoms with Crippen molar-refractivity contribution in [3.8, 4) is 0 Å². The summed E-state index contributed by atoms with van der Waals surface area (Å²) in [4.78, 5) is 30.9. The van der Waals surface area contributed by atoms with Crippen LogP contribution in [-0.2, 0) is 9.59 Å². The molecular formula is C12H14ClN3O3. The van der Waals surface area contributed by atoms with Gasteiger partial charge in [0, 0.05) is 6.20 Å². The second-order valence-electron chi connectivity index (χ2n) is 4.82. The van der Waals surface area contributed by atoms with Gasteiger partial charge in [-0.15, -0.1) is 0 Å². The summed E-state index contributed by atoms with van der Waals surface area (Å²) in [7, 11) is 0. The number of nitrogens with zero attached hydrogens (tertiary/aromatic N) is 2. The molecule has 7 heteroatoms. The Hall–Kier alpha value is -1.69. The molecule has 0 spiro atoms. The lowest BCUT2D eigenvalue weighted by Gasteiger charge is -2.14. The highest BCUT2D eigenvalue weighted by Gasteiger charge is 2.41. The Morgan fingerprint density at radius 2 is 2.11 bits per heavy atom. The summed E-state index contributed by atoms with van der Waals surface area (Å²) < 4.78 is 0. The first-order chi connectivity index (χ1) is 8.97. The Kier molecular flexibility index (Phi) is 3.99. The number of carbonyl (C=O) groups is 2. The minimum atomic E-state index is -0.934. The molecular weight excluding hydrogens is 270 g/mol. The summed E-state index contributed by atoms with van der Waals surface area (Å²) in [5, 5.41) is 11.9. The highest BCUT2D eigenvalue weighted by molar-refractivity contribution is 6.29. The monoisotopic (exact) mass is 283 g/mol. The zero-order chi connectivity index (χ0) is 14.0. The fourth-order valence-corrected chi connectivity index (χ4v) is 2.59. The molecule has 1 fully saturated rings. The van der Waals surface area contributed by atoms with Crippen LogP contribution in [0.15, 0.2) is 12.3 Å². The first-order valence-corrected chi connectivity index (χ1v) is 6.37. The topological polar surface area (TPSA) is 92.2 Å². The van der Waals surface area contributed by atoms with Gasteiger partial charge >= 0.3 is 5.97 Å². The van der Waals surface area contributed by atoms with E-state index in [9.17, 15) is 9.59 Å². The van der Waals surface area contributed by atoms with Gasteiger partial charge in [-0.25, -0.2) is 9.97 Å². The van der Waals surface area contributed by atoms with Crippen molar-refractivity contribution in [2.75, 3.05) is 5.32 Å². The van der Waals surface area contributed by atoms with Gasteiger partial charge in [0.05, 0.1) is 11.8 Å². The summed E-state index contributed by atoms with van der Waals surface area (Å²) >= 11 is 5.69. The van der Waals surface area contributed by atoms with Crippen LogP contribution < -0.4 is 5.32 Å². The number of anilines is 1. The van der Waals surface area contributed by atoms with E-state index in [0.29, 0.717) is 12.8 Å². The minimum absolute atomic E-state index is 0.0983. The maximum atomic E-state index is 12.1. The molecule has 0 aliphatic heterocycles. The lowest BCUT2D eigenvalue weighted by molar-refractivity contribution is -0.145. The van der Waals surface area contributed by atoms with E-state index in [1.807, 2.05) is 6.92 Å². The highest BCUT2D eigenvalue weighted by Crippen LogP contribution is 2.36. The number of carbonyl (C=O) groups excluding carboxylic acids is 1. The molecule has 1 unspecified atom stereocenters. The maximum absolute atomic E-state index is 12.1. The van der Waals surface area contributed by atoms with Crippen molar-refractivity contribution >= 4 is 29.4 Å².